The van der Waals surface area contributed by atoms with Crippen molar-refractivity contribution in [3.05, 3.63) is 29.8 Å². The minimum absolute atomic E-state index is 0.202. The number of ether oxygens (including phenoxy) is 2. The number of unbranched alkanes of at least 4 members (excludes halogenated alkanes) is 1. The number of methoxy groups -OCH3 is 1. The third kappa shape index (κ3) is 5.92. The van der Waals surface area contributed by atoms with Gasteiger partial charge in [-0.3, -0.25) is 4.79 Å². The minimum Gasteiger partial charge on any atom is -0.465 e. The van der Waals surface area contributed by atoms with E-state index in [1.54, 1.807) is 19.2 Å². The number of hydrogen-bond acceptors (Lipinski definition) is 4. The molecular formula is C13H19NO3. The number of carbonyl (C=O) groups is 1. The number of esters is 1. The van der Waals surface area contributed by atoms with E-state index in [1.807, 2.05) is 12.1 Å². The predicted octanol–water partition coefficient (Wildman–Crippen LogP) is 1.78. The van der Waals surface area contributed by atoms with Crippen LogP contribution in [0.5, 0.6) is 0 Å². The first-order valence-corrected chi connectivity index (χ1v) is 5.71. The zero-order chi connectivity index (χ0) is 12.5. The maximum absolute atomic E-state index is 11.4. The summed E-state index contributed by atoms with van der Waals surface area (Å²) < 4.78 is 10.0. The first kappa shape index (κ1) is 13.5. The topological polar surface area (TPSA) is 61.5 Å². The Balaban J connectivity index is 2.18. The maximum atomic E-state index is 11.4. The lowest BCUT2D eigenvalue weighted by Gasteiger charge is -2.05. The molecule has 0 aliphatic carbocycles. The lowest BCUT2D eigenvalue weighted by atomic mass is 10.1. The molecule has 0 aromatic heterocycles. The van der Waals surface area contributed by atoms with Crippen LogP contribution in [0.25, 0.3) is 0 Å². The smallest absolute Gasteiger partial charge is 0.310 e. The van der Waals surface area contributed by atoms with Gasteiger partial charge in [0.15, 0.2) is 0 Å². The summed E-state index contributed by atoms with van der Waals surface area (Å²) in [6.07, 6.45) is 2.04. The highest BCUT2D eigenvalue weighted by molar-refractivity contribution is 5.72. The zero-order valence-electron chi connectivity index (χ0n) is 10.1. The van der Waals surface area contributed by atoms with Gasteiger partial charge in [0.2, 0.25) is 0 Å². The molecular weight excluding hydrogens is 218 g/mol. The summed E-state index contributed by atoms with van der Waals surface area (Å²) in [5, 5.41) is 0. The van der Waals surface area contributed by atoms with Gasteiger partial charge in [0.05, 0.1) is 13.0 Å². The fourth-order valence-electron chi connectivity index (χ4n) is 1.39. The Morgan fingerprint density at radius 1 is 1.18 bits per heavy atom. The van der Waals surface area contributed by atoms with E-state index in [9.17, 15) is 4.79 Å². The SMILES string of the molecule is COCCCCOC(=O)Cc1ccc(N)cc1. The molecule has 0 saturated heterocycles. The first-order chi connectivity index (χ1) is 8.22. The van der Waals surface area contributed by atoms with E-state index < -0.39 is 0 Å². The quantitative estimate of drug-likeness (QED) is 0.446. The minimum atomic E-state index is -0.202. The number of nitrogen functional groups attached to an aromatic ring is 1. The monoisotopic (exact) mass is 237 g/mol. The van der Waals surface area contributed by atoms with Crippen LogP contribution in [0.4, 0.5) is 5.69 Å². The Hall–Kier alpha value is -1.55. The molecule has 0 heterocycles. The van der Waals surface area contributed by atoms with E-state index in [2.05, 4.69) is 0 Å². The second kappa shape index (κ2) is 7.68. The predicted molar refractivity (Wildman–Crippen MR) is 66.6 cm³/mol. The van der Waals surface area contributed by atoms with Gasteiger partial charge in [-0.25, -0.2) is 0 Å². The van der Waals surface area contributed by atoms with Crippen molar-refractivity contribution >= 4 is 11.7 Å². The van der Waals surface area contributed by atoms with Crippen molar-refractivity contribution in [2.45, 2.75) is 19.3 Å². The zero-order valence-corrected chi connectivity index (χ0v) is 10.1. The Labute approximate surface area is 102 Å². The van der Waals surface area contributed by atoms with Gasteiger partial charge < -0.3 is 15.2 Å². The summed E-state index contributed by atoms with van der Waals surface area (Å²) in [5.74, 6) is -0.202. The highest BCUT2D eigenvalue weighted by Gasteiger charge is 2.04. The average molecular weight is 237 g/mol. The van der Waals surface area contributed by atoms with Crippen LogP contribution in [0.3, 0.4) is 0 Å². The van der Waals surface area contributed by atoms with Crippen LogP contribution in [0, 0.1) is 0 Å². The van der Waals surface area contributed by atoms with Crippen LogP contribution in [-0.2, 0) is 20.7 Å². The molecule has 0 saturated carbocycles. The van der Waals surface area contributed by atoms with Gasteiger partial charge in [-0.2, -0.15) is 0 Å². The largest absolute Gasteiger partial charge is 0.465 e. The Morgan fingerprint density at radius 2 is 1.82 bits per heavy atom. The molecule has 0 bridgehead atoms. The van der Waals surface area contributed by atoms with Crippen molar-refractivity contribution < 1.29 is 14.3 Å². The number of nitrogens with two attached hydrogens (primary N) is 1. The summed E-state index contributed by atoms with van der Waals surface area (Å²) in [6.45, 7) is 1.16. The van der Waals surface area contributed by atoms with Gasteiger partial charge in [-0.1, -0.05) is 12.1 Å². The van der Waals surface area contributed by atoms with Gasteiger partial charge in [0.25, 0.3) is 0 Å². The average Bonchev–Trinajstić information content (AvgIpc) is 2.32. The molecule has 2 N–H and O–H groups in total. The second-order valence-corrected chi connectivity index (χ2v) is 3.84. The Morgan fingerprint density at radius 3 is 2.47 bits per heavy atom. The van der Waals surface area contributed by atoms with Crippen molar-refractivity contribution in [2.24, 2.45) is 0 Å². The van der Waals surface area contributed by atoms with E-state index in [4.69, 9.17) is 15.2 Å². The number of anilines is 1. The fraction of sp³-hybridized carbons (Fsp3) is 0.462. The van der Waals surface area contributed by atoms with Gasteiger partial charge in [0.1, 0.15) is 0 Å². The number of carbonyl (C=O) groups excluding carboxylic acids is 1. The van der Waals surface area contributed by atoms with Gasteiger partial charge in [-0.05, 0) is 30.5 Å². The molecule has 0 atom stereocenters. The van der Waals surface area contributed by atoms with E-state index in [1.165, 1.54) is 0 Å². The third-order valence-corrected chi connectivity index (χ3v) is 2.33. The molecule has 1 aromatic rings. The third-order valence-electron chi connectivity index (χ3n) is 2.33. The normalized spacial score (nSPS) is 10.2. The van der Waals surface area contributed by atoms with Crippen molar-refractivity contribution in [1.82, 2.24) is 0 Å². The van der Waals surface area contributed by atoms with E-state index in [0.717, 1.165) is 18.4 Å². The molecule has 1 aromatic carbocycles. The van der Waals surface area contributed by atoms with Gasteiger partial charge in [0, 0.05) is 19.4 Å². The molecule has 17 heavy (non-hydrogen) atoms. The van der Waals surface area contributed by atoms with Crippen molar-refractivity contribution in [2.75, 3.05) is 26.1 Å². The van der Waals surface area contributed by atoms with E-state index in [-0.39, 0.29) is 5.97 Å². The van der Waals surface area contributed by atoms with Crippen LogP contribution in [0.15, 0.2) is 24.3 Å². The number of rotatable bonds is 7. The van der Waals surface area contributed by atoms with E-state index >= 15 is 0 Å². The second-order valence-electron chi connectivity index (χ2n) is 3.84. The summed E-state index contributed by atoms with van der Waals surface area (Å²) in [5.41, 5.74) is 7.17. The number of hydrogen-bond donors (Lipinski definition) is 1. The van der Waals surface area contributed by atoms with Gasteiger partial charge >= 0.3 is 5.97 Å². The summed E-state index contributed by atoms with van der Waals surface area (Å²) in [7, 11) is 1.66. The van der Waals surface area contributed by atoms with Crippen LogP contribution in [0.2, 0.25) is 0 Å². The lowest BCUT2D eigenvalue weighted by Crippen LogP contribution is -2.09. The van der Waals surface area contributed by atoms with Crippen LogP contribution in [0.1, 0.15) is 18.4 Å². The van der Waals surface area contributed by atoms with E-state index in [0.29, 0.717) is 25.3 Å². The molecule has 0 radical (unpaired) electrons. The number of benzene rings is 1. The molecule has 0 aliphatic rings. The molecule has 0 fully saturated rings. The fourth-order valence-corrected chi connectivity index (χ4v) is 1.39. The van der Waals surface area contributed by atoms with Crippen LogP contribution < -0.4 is 5.73 Å². The first-order valence-electron chi connectivity index (χ1n) is 5.71. The molecule has 0 spiro atoms. The summed E-state index contributed by atoms with van der Waals surface area (Å²) >= 11 is 0. The standard InChI is InChI=1S/C13H19NO3/c1-16-8-2-3-9-17-13(15)10-11-4-6-12(14)7-5-11/h4-7H,2-3,8-10,14H2,1H3. The lowest BCUT2D eigenvalue weighted by molar-refractivity contribution is -0.143. The van der Waals surface area contributed by atoms with Crippen molar-refractivity contribution in [3.8, 4) is 0 Å². The summed E-state index contributed by atoms with van der Waals surface area (Å²) in [6, 6.07) is 7.23. The molecule has 0 aliphatic heterocycles. The highest BCUT2D eigenvalue weighted by atomic mass is 16.5. The molecule has 94 valence electrons. The van der Waals surface area contributed by atoms with Crippen LogP contribution in [-0.4, -0.2) is 26.3 Å². The van der Waals surface area contributed by atoms with Crippen molar-refractivity contribution in [3.63, 3.8) is 0 Å². The molecule has 4 heteroatoms. The summed E-state index contributed by atoms with van der Waals surface area (Å²) in [4.78, 5) is 11.4. The molecule has 4 nitrogen and oxygen atoms in total. The Bertz CT molecular complexity index is 335. The molecule has 0 amide bonds. The Kier molecular flexibility index (Phi) is 6.10. The highest BCUT2D eigenvalue weighted by Crippen LogP contribution is 2.06. The maximum Gasteiger partial charge on any atom is 0.310 e. The van der Waals surface area contributed by atoms with Crippen LogP contribution >= 0.6 is 0 Å². The van der Waals surface area contributed by atoms with Gasteiger partial charge in [-0.15, -0.1) is 0 Å². The van der Waals surface area contributed by atoms with Crippen molar-refractivity contribution in [1.29, 1.82) is 0 Å². The molecule has 0 unspecified atom stereocenters. The molecule has 1 rings (SSSR count).